The van der Waals surface area contributed by atoms with E-state index in [2.05, 4.69) is 0 Å². The predicted molar refractivity (Wildman–Crippen MR) is 57.8 cm³/mol. The lowest BCUT2D eigenvalue weighted by atomic mass is 9.93. The van der Waals surface area contributed by atoms with Crippen LogP contribution in [0, 0.1) is 11.7 Å². The third kappa shape index (κ3) is 3.92. The van der Waals surface area contributed by atoms with Crippen LogP contribution in [0.4, 0.5) is 17.6 Å². The van der Waals surface area contributed by atoms with E-state index in [4.69, 9.17) is 5.11 Å². The first kappa shape index (κ1) is 15.4. The van der Waals surface area contributed by atoms with Crippen LogP contribution in [-0.2, 0) is 11.0 Å². The van der Waals surface area contributed by atoms with E-state index in [1.165, 1.54) is 6.92 Å². The van der Waals surface area contributed by atoms with Gasteiger partial charge < -0.3 is 10.2 Å². The minimum absolute atomic E-state index is 0.164. The highest BCUT2D eigenvalue weighted by atomic mass is 19.4. The Labute approximate surface area is 106 Å². The van der Waals surface area contributed by atoms with E-state index in [9.17, 15) is 27.5 Å². The van der Waals surface area contributed by atoms with Crippen LogP contribution >= 0.6 is 0 Å². The van der Waals surface area contributed by atoms with Gasteiger partial charge >= 0.3 is 12.1 Å². The molecule has 7 heteroatoms. The van der Waals surface area contributed by atoms with Crippen LogP contribution < -0.4 is 0 Å². The normalized spacial score (nSPS) is 15.1. The van der Waals surface area contributed by atoms with E-state index < -0.39 is 42.0 Å². The fourth-order valence-electron chi connectivity index (χ4n) is 1.66. The smallest absolute Gasteiger partial charge is 0.419 e. The molecule has 2 atom stereocenters. The summed E-state index contributed by atoms with van der Waals surface area (Å²) in [5.74, 6) is -3.40. The Hall–Kier alpha value is -1.63. The zero-order chi connectivity index (χ0) is 14.8. The number of rotatable bonds is 4. The van der Waals surface area contributed by atoms with Gasteiger partial charge in [-0.15, -0.1) is 0 Å². The van der Waals surface area contributed by atoms with Crippen LogP contribution in [0.25, 0.3) is 0 Å². The van der Waals surface area contributed by atoms with Crippen molar-refractivity contribution in [3.05, 3.63) is 35.1 Å². The maximum absolute atomic E-state index is 13.0. The number of aliphatic carboxylic acids is 1. The molecule has 0 aliphatic rings. The second kappa shape index (κ2) is 5.56. The van der Waals surface area contributed by atoms with Crippen LogP contribution in [0.2, 0.25) is 0 Å². The van der Waals surface area contributed by atoms with Crippen LogP contribution in [-0.4, -0.2) is 16.2 Å². The van der Waals surface area contributed by atoms with Crippen molar-refractivity contribution in [3.8, 4) is 0 Å². The lowest BCUT2D eigenvalue weighted by Crippen LogP contribution is -2.15. The van der Waals surface area contributed by atoms with E-state index in [1.807, 2.05) is 0 Å². The van der Waals surface area contributed by atoms with Gasteiger partial charge in [0, 0.05) is 0 Å². The van der Waals surface area contributed by atoms with E-state index in [-0.39, 0.29) is 5.56 Å². The number of alkyl halides is 3. The minimum Gasteiger partial charge on any atom is -0.481 e. The summed E-state index contributed by atoms with van der Waals surface area (Å²) >= 11 is 0. The maximum Gasteiger partial charge on any atom is 0.419 e. The van der Waals surface area contributed by atoms with Gasteiger partial charge in [-0.05, 0) is 23.6 Å². The largest absolute Gasteiger partial charge is 0.481 e. The molecule has 3 nitrogen and oxygen atoms in total. The first-order valence-electron chi connectivity index (χ1n) is 5.39. The molecule has 1 rings (SSSR count). The number of halogens is 4. The lowest BCUT2D eigenvalue weighted by Gasteiger charge is -2.19. The second-order valence-electron chi connectivity index (χ2n) is 4.26. The average molecular weight is 280 g/mol. The van der Waals surface area contributed by atoms with Crippen molar-refractivity contribution in [1.82, 2.24) is 0 Å². The van der Waals surface area contributed by atoms with E-state index in [0.717, 1.165) is 6.07 Å². The van der Waals surface area contributed by atoms with Crippen molar-refractivity contribution in [2.45, 2.75) is 25.6 Å². The number of carboxylic acids is 1. The van der Waals surface area contributed by atoms with Crippen LogP contribution in [0.15, 0.2) is 18.2 Å². The number of hydrogen-bond donors (Lipinski definition) is 2. The highest BCUT2D eigenvalue weighted by Crippen LogP contribution is 2.34. The summed E-state index contributed by atoms with van der Waals surface area (Å²) < 4.78 is 50.5. The molecule has 0 bridgehead atoms. The Morgan fingerprint density at radius 1 is 1.37 bits per heavy atom. The van der Waals surface area contributed by atoms with Gasteiger partial charge in [-0.2, -0.15) is 13.2 Å². The SMILES string of the molecule is CC(CC(=O)O)C(O)c1ccc(F)c(C(F)(F)F)c1. The van der Waals surface area contributed by atoms with Crippen molar-refractivity contribution in [2.75, 3.05) is 0 Å². The number of benzene rings is 1. The highest BCUT2D eigenvalue weighted by molar-refractivity contribution is 5.67. The molecule has 0 aliphatic carbocycles. The summed E-state index contributed by atoms with van der Waals surface area (Å²) in [6.45, 7) is 1.38. The molecule has 0 fully saturated rings. The van der Waals surface area contributed by atoms with Gasteiger partial charge in [0.15, 0.2) is 0 Å². The molecular weight excluding hydrogens is 268 g/mol. The van der Waals surface area contributed by atoms with E-state index in [1.54, 1.807) is 0 Å². The summed E-state index contributed by atoms with van der Waals surface area (Å²) in [5, 5.41) is 18.3. The van der Waals surface area contributed by atoms with Crippen molar-refractivity contribution in [1.29, 1.82) is 0 Å². The van der Waals surface area contributed by atoms with Gasteiger partial charge in [-0.1, -0.05) is 13.0 Å². The molecule has 0 aromatic heterocycles. The molecule has 0 radical (unpaired) electrons. The molecule has 2 unspecified atom stereocenters. The van der Waals surface area contributed by atoms with Crippen LogP contribution in [0.3, 0.4) is 0 Å². The number of aliphatic hydroxyl groups excluding tert-OH is 1. The zero-order valence-electron chi connectivity index (χ0n) is 9.91. The molecule has 0 heterocycles. The Kier molecular flexibility index (Phi) is 4.52. The summed E-state index contributed by atoms with van der Waals surface area (Å²) in [7, 11) is 0. The number of carboxylic acid groups (broad SMARTS) is 1. The quantitative estimate of drug-likeness (QED) is 0.834. The molecule has 1 aromatic rings. The average Bonchev–Trinajstić information content (AvgIpc) is 2.26. The molecule has 0 spiro atoms. The van der Waals surface area contributed by atoms with Crippen molar-refractivity contribution >= 4 is 5.97 Å². The monoisotopic (exact) mass is 280 g/mol. The molecule has 106 valence electrons. The van der Waals surface area contributed by atoms with Crippen molar-refractivity contribution in [3.63, 3.8) is 0 Å². The number of carbonyl (C=O) groups is 1. The summed E-state index contributed by atoms with van der Waals surface area (Å²) in [4.78, 5) is 10.5. The summed E-state index contributed by atoms with van der Waals surface area (Å²) in [6, 6.07) is 2.11. The first-order valence-corrected chi connectivity index (χ1v) is 5.39. The van der Waals surface area contributed by atoms with E-state index in [0.29, 0.717) is 12.1 Å². The van der Waals surface area contributed by atoms with Crippen LogP contribution in [0.5, 0.6) is 0 Å². The maximum atomic E-state index is 13.0. The predicted octanol–water partition coefficient (Wildman–Crippen LogP) is 2.99. The Morgan fingerprint density at radius 3 is 2.42 bits per heavy atom. The molecule has 0 aliphatic heterocycles. The van der Waals surface area contributed by atoms with Crippen molar-refractivity contribution in [2.24, 2.45) is 5.92 Å². The van der Waals surface area contributed by atoms with Gasteiger partial charge in [0.25, 0.3) is 0 Å². The van der Waals surface area contributed by atoms with Crippen LogP contribution in [0.1, 0.15) is 30.6 Å². The van der Waals surface area contributed by atoms with Crippen molar-refractivity contribution < 1.29 is 32.6 Å². The third-order valence-electron chi connectivity index (χ3n) is 2.67. The Morgan fingerprint density at radius 2 is 1.95 bits per heavy atom. The van der Waals surface area contributed by atoms with Gasteiger partial charge in [0.1, 0.15) is 5.82 Å². The fraction of sp³-hybridized carbons (Fsp3) is 0.417. The third-order valence-corrected chi connectivity index (χ3v) is 2.67. The van der Waals surface area contributed by atoms with E-state index >= 15 is 0 Å². The molecular formula is C12H12F4O3. The van der Waals surface area contributed by atoms with Gasteiger partial charge in [-0.25, -0.2) is 4.39 Å². The standard InChI is InChI=1S/C12H12F4O3/c1-6(4-10(17)18)11(19)7-2-3-9(13)8(5-7)12(14,15)16/h2-3,5-6,11,19H,4H2,1H3,(H,17,18). The lowest BCUT2D eigenvalue weighted by molar-refractivity contribution is -0.141. The molecule has 1 aromatic carbocycles. The number of aliphatic hydroxyl groups is 1. The summed E-state index contributed by atoms with van der Waals surface area (Å²) in [6.07, 6.45) is -6.67. The van der Waals surface area contributed by atoms with Gasteiger partial charge in [0.2, 0.25) is 0 Å². The highest BCUT2D eigenvalue weighted by Gasteiger charge is 2.35. The minimum atomic E-state index is -4.87. The summed E-state index contributed by atoms with van der Waals surface area (Å²) in [5.41, 5.74) is -1.64. The first-order chi connectivity index (χ1) is 8.62. The molecule has 0 saturated carbocycles. The molecule has 0 saturated heterocycles. The number of hydrogen-bond acceptors (Lipinski definition) is 2. The Bertz CT molecular complexity index is 471. The topological polar surface area (TPSA) is 57.5 Å². The molecule has 2 N–H and O–H groups in total. The Balaban J connectivity index is 3.05. The van der Waals surface area contributed by atoms with Gasteiger partial charge in [0.05, 0.1) is 18.1 Å². The van der Waals surface area contributed by atoms with Gasteiger partial charge in [-0.3, -0.25) is 4.79 Å². The molecule has 19 heavy (non-hydrogen) atoms. The zero-order valence-corrected chi connectivity index (χ0v) is 9.91. The molecule has 0 amide bonds. The second-order valence-corrected chi connectivity index (χ2v) is 4.26. The fourth-order valence-corrected chi connectivity index (χ4v) is 1.66.